The van der Waals surface area contributed by atoms with Gasteiger partial charge in [0.15, 0.2) is 0 Å². The Balaban J connectivity index is 2.19. The molecular weight excluding hydrogens is 252 g/mol. The lowest BCUT2D eigenvalue weighted by molar-refractivity contribution is 0.0769. The predicted octanol–water partition coefficient (Wildman–Crippen LogP) is 2.18. The van der Waals surface area contributed by atoms with E-state index in [4.69, 9.17) is 16.7 Å². The molecule has 1 saturated heterocycles. The lowest BCUT2D eigenvalue weighted by Crippen LogP contribution is -2.31. The third kappa shape index (κ3) is 2.54. The number of aromatic nitrogens is 1. The van der Waals surface area contributed by atoms with E-state index >= 15 is 0 Å². The van der Waals surface area contributed by atoms with E-state index in [1.165, 1.54) is 0 Å². The standard InChI is InChI=1S/C13H19ClN2O2/c1-9(2)16-7-11(14)5-12(16)13(18)15-4-3-10(6-15)8-17/h5,7,9-10,17H,3-4,6,8H2,1-2H3. The number of likely N-dealkylation sites (tertiary alicyclic amines) is 1. The van der Waals surface area contributed by atoms with Crippen LogP contribution < -0.4 is 0 Å². The van der Waals surface area contributed by atoms with Crippen LogP contribution >= 0.6 is 11.6 Å². The smallest absolute Gasteiger partial charge is 0.270 e. The van der Waals surface area contributed by atoms with E-state index in [0.29, 0.717) is 23.8 Å². The number of aliphatic hydroxyl groups is 1. The lowest BCUT2D eigenvalue weighted by atomic mass is 10.1. The highest BCUT2D eigenvalue weighted by atomic mass is 35.5. The fourth-order valence-corrected chi connectivity index (χ4v) is 2.58. The van der Waals surface area contributed by atoms with Crippen molar-refractivity contribution in [3.8, 4) is 0 Å². The van der Waals surface area contributed by atoms with Crippen molar-refractivity contribution in [1.29, 1.82) is 0 Å². The first-order valence-corrected chi connectivity index (χ1v) is 6.68. The van der Waals surface area contributed by atoms with Gasteiger partial charge in [-0.15, -0.1) is 0 Å². The number of carbonyl (C=O) groups is 1. The summed E-state index contributed by atoms with van der Waals surface area (Å²) in [5, 5.41) is 9.71. The van der Waals surface area contributed by atoms with Gasteiger partial charge in [0.05, 0.1) is 5.02 Å². The highest BCUT2D eigenvalue weighted by Gasteiger charge is 2.28. The molecule has 1 atom stereocenters. The Labute approximate surface area is 112 Å². The van der Waals surface area contributed by atoms with Gasteiger partial charge < -0.3 is 14.6 Å². The number of aliphatic hydroxyl groups excluding tert-OH is 1. The Bertz CT molecular complexity index is 442. The average molecular weight is 271 g/mol. The van der Waals surface area contributed by atoms with E-state index in [2.05, 4.69) is 0 Å². The van der Waals surface area contributed by atoms with Gasteiger partial charge in [-0.3, -0.25) is 4.79 Å². The minimum Gasteiger partial charge on any atom is -0.396 e. The van der Waals surface area contributed by atoms with Crippen molar-refractivity contribution >= 4 is 17.5 Å². The Morgan fingerprint density at radius 2 is 2.33 bits per heavy atom. The van der Waals surface area contributed by atoms with E-state index in [9.17, 15) is 4.79 Å². The molecule has 1 aromatic rings. The third-order valence-corrected chi connectivity index (χ3v) is 3.63. The molecule has 2 rings (SSSR count). The number of rotatable bonds is 3. The van der Waals surface area contributed by atoms with Crippen molar-refractivity contribution in [2.75, 3.05) is 19.7 Å². The van der Waals surface area contributed by atoms with Crippen LogP contribution in [0.4, 0.5) is 0 Å². The summed E-state index contributed by atoms with van der Waals surface area (Å²) in [6.07, 6.45) is 2.66. The first kappa shape index (κ1) is 13.4. The van der Waals surface area contributed by atoms with Crippen LogP contribution in [0.5, 0.6) is 0 Å². The van der Waals surface area contributed by atoms with Crippen molar-refractivity contribution in [2.24, 2.45) is 5.92 Å². The van der Waals surface area contributed by atoms with Crippen molar-refractivity contribution in [3.63, 3.8) is 0 Å². The molecule has 1 aliphatic heterocycles. The molecule has 1 aromatic heterocycles. The monoisotopic (exact) mass is 270 g/mol. The number of hydrogen-bond donors (Lipinski definition) is 1. The number of nitrogens with zero attached hydrogens (tertiary/aromatic N) is 2. The first-order chi connectivity index (χ1) is 8.52. The van der Waals surface area contributed by atoms with Crippen LogP contribution in [0.1, 0.15) is 36.8 Å². The van der Waals surface area contributed by atoms with Crippen LogP contribution in [0.25, 0.3) is 0 Å². The highest BCUT2D eigenvalue weighted by molar-refractivity contribution is 6.31. The van der Waals surface area contributed by atoms with Gasteiger partial charge in [-0.1, -0.05) is 11.6 Å². The summed E-state index contributed by atoms with van der Waals surface area (Å²) in [5.74, 6) is 0.221. The van der Waals surface area contributed by atoms with E-state index in [1.807, 2.05) is 18.4 Å². The van der Waals surface area contributed by atoms with Crippen LogP contribution in [0.3, 0.4) is 0 Å². The zero-order chi connectivity index (χ0) is 13.3. The zero-order valence-electron chi connectivity index (χ0n) is 10.8. The second-order valence-corrected chi connectivity index (χ2v) is 5.57. The van der Waals surface area contributed by atoms with Gasteiger partial charge in [-0.2, -0.15) is 0 Å². The molecule has 4 nitrogen and oxygen atoms in total. The van der Waals surface area contributed by atoms with Crippen LogP contribution in [0.2, 0.25) is 5.02 Å². The average Bonchev–Trinajstić information content (AvgIpc) is 2.94. The van der Waals surface area contributed by atoms with Gasteiger partial charge in [0.2, 0.25) is 0 Å². The first-order valence-electron chi connectivity index (χ1n) is 6.30. The minimum atomic E-state index is 0.00606. The van der Waals surface area contributed by atoms with Gasteiger partial charge in [-0.05, 0) is 26.3 Å². The number of carbonyl (C=O) groups excluding carboxylic acids is 1. The molecule has 18 heavy (non-hydrogen) atoms. The number of halogens is 1. The Morgan fingerprint density at radius 3 is 2.89 bits per heavy atom. The van der Waals surface area contributed by atoms with E-state index in [1.54, 1.807) is 17.2 Å². The molecule has 2 heterocycles. The van der Waals surface area contributed by atoms with Crippen molar-refractivity contribution in [3.05, 3.63) is 23.0 Å². The Hall–Kier alpha value is -1.00. The normalized spacial score (nSPS) is 19.8. The summed E-state index contributed by atoms with van der Waals surface area (Å²) in [6, 6.07) is 1.92. The molecule has 1 fully saturated rings. The van der Waals surface area contributed by atoms with Crippen LogP contribution in [-0.2, 0) is 0 Å². The number of hydrogen-bond acceptors (Lipinski definition) is 2. The zero-order valence-corrected chi connectivity index (χ0v) is 11.5. The summed E-state index contributed by atoms with van der Waals surface area (Å²) >= 11 is 5.98. The maximum absolute atomic E-state index is 12.4. The molecule has 1 unspecified atom stereocenters. The van der Waals surface area contributed by atoms with Gasteiger partial charge in [0, 0.05) is 37.9 Å². The molecule has 0 spiro atoms. The maximum atomic E-state index is 12.4. The third-order valence-electron chi connectivity index (χ3n) is 3.42. The van der Waals surface area contributed by atoms with Gasteiger partial charge in [0.25, 0.3) is 5.91 Å². The van der Waals surface area contributed by atoms with Crippen molar-refractivity contribution in [1.82, 2.24) is 9.47 Å². The van der Waals surface area contributed by atoms with Crippen LogP contribution in [0.15, 0.2) is 12.3 Å². The van der Waals surface area contributed by atoms with Gasteiger partial charge in [-0.25, -0.2) is 0 Å². The number of amides is 1. The molecular formula is C13H19ClN2O2. The topological polar surface area (TPSA) is 45.5 Å². The minimum absolute atomic E-state index is 0.00606. The van der Waals surface area contributed by atoms with Gasteiger partial charge >= 0.3 is 0 Å². The van der Waals surface area contributed by atoms with E-state index in [0.717, 1.165) is 6.42 Å². The molecule has 0 radical (unpaired) electrons. The SMILES string of the molecule is CC(C)n1cc(Cl)cc1C(=O)N1CCC(CO)C1. The molecule has 1 aliphatic rings. The lowest BCUT2D eigenvalue weighted by Gasteiger charge is -2.19. The molecule has 100 valence electrons. The Kier molecular flexibility index (Phi) is 3.97. The quantitative estimate of drug-likeness (QED) is 0.915. The molecule has 1 amide bonds. The van der Waals surface area contributed by atoms with Crippen LogP contribution in [0, 0.1) is 5.92 Å². The molecule has 1 N–H and O–H groups in total. The molecule has 0 bridgehead atoms. The Morgan fingerprint density at radius 1 is 1.61 bits per heavy atom. The summed E-state index contributed by atoms with van der Waals surface area (Å²) in [7, 11) is 0. The molecule has 0 aliphatic carbocycles. The predicted molar refractivity (Wildman–Crippen MR) is 70.9 cm³/mol. The highest BCUT2D eigenvalue weighted by Crippen LogP contribution is 2.23. The van der Waals surface area contributed by atoms with Crippen molar-refractivity contribution < 1.29 is 9.90 Å². The summed E-state index contributed by atoms with van der Waals surface area (Å²) in [4.78, 5) is 14.2. The fourth-order valence-electron chi connectivity index (χ4n) is 2.37. The molecule has 5 heteroatoms. The second kappa shape index (κ2) is 5.33. The second-order valence-electron chi connectivity index (χ2n) is 5.13. The maximum Gasteiger partial charge on any atom is 0.270 e. The summed E-state index contributed by atoms with van der Waals surface area (Å²) in [5.41, 5.74) is 0.633. The fraction of sp³-hybridized carbons (Fsp3) is 0.615. The van der Waals surface area contributed by atoms with Crippen LogP contribution in [-0.4, -0.2) is 40.2 Å². The van der Waals surface area contributed by atoms with Crippen molar-refractivity contribution in [2.45, 2.75) is 26.3 Å². The molecule has 0 saturated carbocycles. The largest absolute Gasteiger partial charge is 0.396 e. The van der Waals surface area contributed by atoms with E-state index < -0.39 is 0 Å². The summed E-state index contributed by atoms with van der Waals surface area (Å²) in [6.45, 7) is 5.54. The molecule has 0 aromatic carbocycles. The van der Waals surface area contributed by atoms with E-state index in [-0.39, 0.29) is 24.5 Å². The summed E-state index contributed by atoms with van der Waals surface area (Å²) < 4.78 is 1.90. The van der Waals surface area contributed by atoms with Gasteiger partial charge in [0.1, 0.15) is 5.69 Å².